The topological polar surface area (TPSA) is 205 Å². The number of halogens is 4. The number of sulfonamides is 1. The summed E-state index contributed by atoms with van der Waals surface area (Å²) in [6.07, 6.45) is 8.12. The molecule has 5 aromatic carbocycles. The summed E-state index contributed by atoms with van der Waals surface area (Å²) in [4.78, 5) is 66.7. The van der Waals surface area contributed by atoms with Crippen LogP contribution in [0.3, 0.4) is 0 Å². The van der Waals surface area contributed by atoms with E-state index in [1.807, 2.05) is 59.3 Å². The molecule has 0 radical (unpaired) electrons. The quantitative estimate of drug-likeness (QED) is 0.0435. The van der Waals surface area contributed by atoms with Crippen LogP contribution in [0.15, 0.2) is 136 Å². The van der Waals surface area contributed by atoms with E-state index in [0.29, 0.717) is 81.2 Å². The summed E-state index contributed by atoms with van der Waals surface area (Å²) in [5.41, 5.74) is 1.60. The number of fused-ring (bicyclic) bond motifs is 1. The number of allylic oxidation sites excluding steroid dienone is 1. The van der Waals surface area contributed by atoms with Crippen LogP contribution >= 0.6 is 23.4 Å². The Hall–Kier alpha value is -6.55. The Morgan fingerprint density at radius 3 is 2.13 bits per heavy atom. The fourth-order valence-corrected chi connectivity index (χ4v) is 18.5. The number of piperidine rings is 2. The van der Waals surface area contributed by atoms with Crippen molar-refractivity contribution in [3.63, 3.8) is 0 Å². The molecule has 1 unspecified atom stereocenters. The van der Waals surface area contributed by atoms with Crippen LogP contribution in [0.25, 0.3) is 5.57 Å². The first-order chi connectivity index (χ1) is 47.4. The minimum atomic E-state index is -6.10. The standard InChI is InChI=1S/C73H90ClF3N10O9S3/c1-71(50-83-29-6-31-85(40-37-83)59-18-20-63-54(44-59)48-87(70(63)91)65-22-23-67(88)79-69(65)90)27-33-84(34-28-71)51-72(2)26-24-62(52-10-14-56(74)15-11-52)55(46-72)47-82-35-38-86(39-36-82)58-16-12-53(13-17-58)68(89)80-99(94,95)61-19-21-64(66(45-61)98(92,93)73(75,76)77)78-57(49-97-60-8-4-3-5-9-60)25-32-81-30-7-42-96-43-41-81/h3-5,8-21,44-45,57,65,78H,6-7,22-43,46-51H2,1-2H3,(H,80,89)(H,79,88,90)/t57-,65?,72-/m1/s1. The normalized spacial score (nSPS) is 22.4. The predicted octanol–water partition coefficient (Wildman–Crippen LogP) is 10.3. The van der Waals surface area contributed by atoms with Crippen molar-refractivity contribution in [2.24, 2.45) is 10.8 Å². The van der Waals surface area contributed by atoms with Crippen LogP contribution < -0.4 is 25.2 Å². The molecule has 6 heterocycles. The molecule has 19 nitrogen and oxygen atoms in total. The summed E-state index contributed by atoms with van der Waals surface area (Å²) in [6, 6.07) is 31.4. The molecule has 3 atom stereocenters. The van der Waals surface area contributed by atoms with E-state index in [9.17, 15) is 49.2 Å². The van der Waals surface area contributed by atoms with E-state index < -0.39 is 64.7 Å². The third-order valence-corrected chi connectivity index (χ3v) is 25.3. The fraction of sp³-hybridized carbons (Fsp3) is 0.507. The molecule has 532 valence electrons. The van der Waals surface area contributed by atoms with E-state index in [-0.39, 0.29) is 34.6 Å². The first kappa shape index (κ1) is 72.2. The van der Waals surface area contributed by atoms with E-state index in [4.69, 9.17) is 16.3 Å². The SMILES string of the molecule is CC1(CN2CCCN(c3ccc4c(c3)CN(C3CCC(=O)NC3=O)C4=O)CC2)CCN(C[C@]2(C)CCC(c3ccc(Cl)cc3)=C(CN3CCN(c4ccc(C(=O)NS(=O)(=O)c5ccc(N[C@H](CCN6CCCOCC6)CSc6ccccc6)c(S(=O)(=O)C(F)(F)F)c5)cc4)CC3)C2)CC1. The van der Waals surface area contributed by atoms with E-state index in [1.165, 1.54) is 40.6 Å². The molecule has 5 fully saturated rings. The Morgan fingerprint density at radius 2 is 1.40 bits per heavy atom. The molecule has 3 N–H and O–H groups in total. The zero-order chi connectivity index (χ0) is 69.7. The van der Waals surface area contributed by atoms with Crippen molar-refractivity contribution in [3.8, 4) is 0 Å². The average molecular weight is 1440 g/mol. The van der Waals surface area contributed by atoms with Gasteiger partial charge >= 0.3 is 5.51 Å². The molecule has 1 aliphatic carbocycles. The number of piperazine rings is 1. The van der Waals surface area contributed by atoms with Crippen molar-refractivity contribution < 1.29 is 53.9 Å². The van der Waals surface area contributed by atoms with E-state index in [0.717, 1.165) is 157 Å². The highest BCUT2D eigenvalue weighted by Crippen LogP contribution is 2.46. The van der Waals surface area contributed by atoms with Gasteiger partial charge in [0.05, 0.1) is 17.2 Å². The van der Waals surface area contributed by atoms with Gasteiger partial charge < -0.3 is 39.5 Å². The van der Waals surface area contributed by atoms with Crippen LogP contribution in [0.5, 0.6) is 0 Å². The zero-order valence-corrected chi connectivity index (χ0v) is 59.6. The Bertz CT molecular complexity index is 4000. The second-order valence-electron chi connectivity index (χ2n) is 28.4. The molecule has 6 aliphatic heterocycles. The van der Waals surface area contributed by atoms with Crippen molar-refractivity contribution in [3.05, 3.63) is 148 Å². The van der Waals surface area contributed by atoms with Gasteiger partial charge in [-0.2, -0.15) is 13.2 Å². The van der Waals surface area contributed by atoms with Crippen molar-refractivity contribution in [2.75, 3.05) is 139 Å². The molecule has 12 rings (SSSR count). The van der Waals surface area contributed by atoms with Crippen molar-refractivity contribution in [1.29, 1.82) is 0 Å². The lowest BCUT2D eigenvalue weighted by molar-refractivity contribution is -0.136. The van der Waals surface area contributed by atoms with Gasteiger partial charge in [0.1, 0.15) is 10.9 Å². The van der Waals surface area contributed by atoms with Crippen molar-refractivity contribution in [1.82, 2.24) is 34.5 Å². The number of amides is 4. The van der Waals surface area contributed by atoms with Gasteiger partial charge in [-0.25, -0.2) is 21.6 Å². The lowest BCUT2D eigenvalue weighted by Crippen LogP contribution is -2.52. The lowest BCUT2D eigenvalue weighted by atomic mass is 9.70. The highest BCUT2D eigenvalue weighted by molar-refractivity contribution is 7.99. The minimum Gasteiger partial charge on any atom is -0.380 e. The lowest BCUT2D eigenvalue weighted by Gasteiger charge is -2.46. The molecule has 0 spiro atoms. The summed E-state index contributed by atoms with van der Waals surface area (Å²) >= 11 is 7.87. The molecule has 5 aromatic rings. The molecule has 99 heavy (non-hydrogen) atoms. The number of nitrogens with zero attached hydrogens (tertiary/aromatic N) is 7. The first-order valence-electron chi connectivity index (χ1n) is 34.7. The summed E-state index contributed by atoms with van der Waals surface area (Å²) in [6.45, 7) is 20.2. The number of anilines is 3. The molecule has 4 amide bonds. The number of likely N-dealkylation sites (tertiary alicyclic amines) is 1. The largest absolute Gasteiger partial charge is 0.501 e. The number of sulfone groups is 1. The maximum Gasteiger partial charge on any atom is 0.501 e. The number of hydrogen-bond acceptors (Lipinski definition) is 17. The number of hydrogen-bond donors (Lipinski definition) is 3. The third kappa shape index (κ3) is 17.7. The second kappa shape index (κ2) is 31.0. The summed E-state index contributed by atoms with van der Waals surface area (Å²) < 4.78 is 105. The minimum absolute atomic E-state index is 0.0159. The van der Waals surface area contributed by atoms with Gasteiger partial charge in [-0.1, -0.05) is 61.4 Å². The number of rotatable bonds is 22. The van der Waals surface area contributed by atoms with E-state index in [1.54, 1.807) is 17.0 Å². The molecule has 0 bridgehead atoms. The smallest absolute Gasteiger partial charge is 0.380 e. The summed E-state index contributed by atoms with van der Waals surface area (Å²) in [5, 5.41) is 6.12. The van der Waals surface area contributed by atoms with Crippen molar-refractivity contribution in [2.45, 2.75) is 117 Å². The second-order valence-corrected chi connectivity index (χ2v) is 33.6. The summed E-state index contributed by atoms with van der Waals surface area (Å²) in [7, 11) is -11.0. The molecule has 0 aromatic heterocycles. The molecular formula is C73H90ClF3N10O9S3. The maximum absolute atomic E-state index is 14.4. The Balaban J connectivity index is 0.635. The molecular weight excluding hydrogens is 1350 g/mol. The number of benzene rings is 5. The molecule has 26 heteroatoms. The maximum atomic E-state index is 14.4. The van der Waals surface area contributed by atoms with Crippen LogP contribution in [0.2, 0.25) is 5.02 Å². The average Bonchev–Trinajstić information content (AvgIpc) is 1.74. The first-order valence-corrected chi connectivity index (χ1v) is 39.0. The third-order valence-electron chi connectivity index (χ3n) is 21.0. The Labute approximate surface area is 589 Å². The predicted molar refractivity (Wildman–Crippen MR) is 380 cm³/mol. The van der Waals surface area contributed by atoms with Gasteiger partial charge in [0.25, 0.3) is 31.7 Å². The van der Waals surface area contributed by atoms with Crippen LogP contribution in [0, 0.1) is 10.8 Å². The van der Waals surface area contributed by atoms with E-state index >= 15 is 0 Å². The number of carbonyl (C=O) groups is 4. The van der Waals surface area contributed by atoms with Crippen LogP contribution in [-0.4, -0.2) is 206 Å². The van der Waals surface area contributed by atoms with Crippen molar-refractivity contribution >= 4 is 89.5 Å². The number of imide groups is 1. The van der Waals surface area contributed by atoms with Gasteiger partial charge in [0.15, 0.2) is 0 Å². The van der Waals surface area contributed by atoms with Crippen LogP contribution in [-0.2, 0) is 40.7 Å². The number of thioether (sulfide) groups is 1. The van der Waals surface area contributed by atoms with Gasteiger partial charge in [-0.05, 0) is 190 Å². The van der Waals surface area contributed by atoms with Gasteiger partial charge in [0, 0.05) is 149 Å². The number of carbonyl (C=O) groups excluding carboxylic acids is 4. The summed E-state index contributed by atoms with van der Waals surface area (Å²) in [5.74, 6) is -1.53. The number of alkyl halides is 3. The van der Waals surface area contributed by atoms with E-state index in [2.05, 4.69) is 72.1 Å². The zero-order valence-electron chi connectivity index (χ0n) is 56.4. The Morgan fingerprint density at radius 1 is 0.717 bits per heavy atom. The van der Waals surface area contributed by atoms with Gasteiger partial charge in [-0.3, -0.25) is 29.4 Å². The van der Waals surface area contributed by atoms with Gasteiger partial charge in [-0.15, -0.1) is 11.8 Å². The van der Waals surface area contributed by atoms with Crippen LogP contribution in [0.1, 0.15) is 110 Å². The monoisotopic (exact) mass is 1440 g/mol. The highest BCUT2D eigenvalue weighted by Gasteiger charge is 2.49. The molecule has 0 saturated carbocycles. The fourth-order valence-electron chi connectivity index (χ4n) is 15.4. The van der Waals surface area contributed by atoms with Gasteiger partial charge in [0.2, 0.25) is 11.8 Å². The molecule has 7 aliphatic rings. The molecule has 5 saturated heterocycles. The number of ether oxygens (including phenoxy) is 1. The highest BCUT2D eigenvalue weighted by atomic mass is 35.5. The van der Waals surface area contributed by atoms with Crippen LogP contribution in [0.4, 0.5) is 30.2 Å². The Kier molecular flexibility index (Phi) is 22.6. The number of nitrogens with one attached hydrogen (secondary N) is 3.